The first kappa shape index (κ1) is 16.3. The van der Waals surface area contributed by atoms with E-state index in [2.05, 4.69) is 5.32 Å². The van der Waals surface area contributed by atoms with Crippen molar-refractivity contribution < 1.29 is 19.3 Å². The number of benzene rings is 2. The third-order valence-electron chi connectivity index (χ3n) is 3.90. The number of rotatable bonds is 5. The Balaban J connectivity index is 1.75. The molecule has 8 nitrogen and oxygen atoms in total. The molecule has 25 heavy (non-hydrogen) atoms. The van der Waals surface area contributed by atoms with Crippen LogP contribution in [-0.2, 0) is 0 Å². The van der Waals surface area contributed by atoms with Gasteiger partial charge >= 0.3 is 0 Å². The summed E-state index contributed by atoms with van der Waals surface area (Å²) in [6.07, 6.45) is 0. The number of nitro groups is 1. The van der Waals surface area contributed by atoms with Crippen LogP contribution in [0.2, 0.25) is 0 Å². The number of anilines is 1. The molecule has 126 valence electrons. The van der Waals surface area contributed by atoms with Crippen molar-refractivity contribution in [3.05, 3.63) is 69.3 Å². The van der Waals surface area contributed by atoms with Crippen molar-refractivity contribution in [2.24, 2.45) is 0 Å². The van der Waals surface area contributed by atoms with Crippen LogP contribution in [0.25, 0.3) is 0 Å². The summed E-state index contributed by atoms with van der Waals surface area (Å²) in [5.41, 5.74) is 1.11. The zero-order valence-electron chi connectivity index (χ0n) is 13.2. The summed E-state index contributed by atoms with van der Waals surface area (Å²) >= 11 is 0. The second kappa shape index (κ2) is 6.16. The minimum absolute atomic E-state index is 0.0212. The summed E-state index contributed by atoms with van der Waals surface area (Å²) < 4.78 is 0. The van der Waals surface area contributed by atoms with Gasteiger partial charge in [0.15, 0.2) is 5.78 Å². The number of imide groups is 1. The van der Waals surface area contributed by atoms with E-state index in [0.29, 0.717) is 11.3 Å². The van der Waals surface area contributed by atoms with Crippen molar-refractivity contribution in [1.29, 1.82) is 0 Å². The van der Waals surface area contributed by atoms with E-state index in [-0.39, 0.29) is 29.3 Å². The molecule has 3 rings (SSSR count). The Kier molecular flexibility index (Phi) is 4.02. The molecule has 2 aromatic rings. The first-order valence-corrected chi connectivity index (χ1v) is 7.38. The van der Waals surface area contributed by atoms with Gasteiger partial charge in [-0.15, -0.1) is 0 Å². The molecule has 0 aromatic heterocycles. The average molecular weight is 339 g/mol. The molecule has 0 unspecified atom stereocenters. The third-order valence-corrected chi connectivity index (χ3v) is 3.90. The molecule has 0 radical (unpaired) electrons. The lowest BCUT2D eigenvalue weighted by molar-refractivity contribution is -0.384. The molecule has 0 saturated carbocycles. The first-order valence-electron chi connectivity index (χ1n) is 7.38. The molecule has 2 amide bonds. The molecule has 0 saturated heterocycles. The largest absolute Gasteiger partial charge is 0.367 e. The van der Waals surface area contributed by atoms with Gasteiger partial charge in [0.1, 0.15) is 0 Å². The maximum Gasteiger partial charge on any atom is 0.270 e. The number of amides is 2. The fraction of sp³-hybridized carbons (Fsp3) is 0.118. The standard InChI is InChI=1S/C17H13N3O5/c1-10(21)11-2-4-12(5-3-11)18-9-19-16(22)14-7-6-13(20(24)25)8-15(14)17(19)23/h2-8,18H,9H2,1H3. The summed E-state index contributed by atoms with van der Waals surface area (Å²) in [7, 11) is 0. The smallest absolute Gasteiger partial charge is 0.270 e. The van der Waals surface area contributed by atoms with Crippen LogP contribution in [0, 0.1) is 10.1 Å². The predicted molar refractivity (Wildman–Crippen MR) is 88.5 cm³/mol. The van der Waals surface area contributed by atoms with E-state index in [0.717, 1.165) is 11.0 Å². The number of nitrogens with zero attached hydrogens (tertiary/aromatic N) is 2. The number of nitro benzene ring substituents is 1. The maximum absolute atomic E-state index is 12.3. The number of carbonyl (C=O) groups is 3. The first-order chi connectivity index (χ1) is 11.9. The Hall–Kier alpha value is -3.55. The van der Waals surface area contributed by atoms with Gasteiger partial charge in [-0.05, 0) is 37.3 Å². The zero-order valence-corrected chi connectivity index (χ0v) is 13.2. The van der Waals surface area contributed by atoms with Crippen molar-refractivity contribution in [3.8, 4) is 0 Å². The SMILES string of the molecule is CC(=O)c1ccc(NCN2C(=O)c3ccc([N+](=O)[O-])cc3C2=O)cc1. The number of ketones is 1. The van der Waals surface area contributed by atoms with Crippen LogP contribution in [0.3, 0.4) is 0 Å². The summed E-state index contributed by atoms with van der Waals surface area (Å²) in [5, 5.41) is 13.7. The number of nitrogens with one attached hydrogen (secondary N) is 1. The molecule has 0 aliphatic carbocycles. The van der Waals surface area contributed by atoms with Crippen molar-refractivity contribution in [2.45, 2.75) is 6.92 Å². The Morgan fingerprint density at radius 2 is 1.72 bits per heavy atom. The minimum atomic E-state index is -0.616. The van der Waals surface area contributed by atoms with Crippen molar-refractivity contribution in [3.63, 3.8) is 0 Å². The van der Waals surface area contributed by atoms with Gasteiger partial charge in [0.2, 0.25) is 0 Å². The summed E-state index contributed by atoms with van der Waals surface area (Å²) in [4.78, 5) is 47.1. The van der Waals surface area contributed by atoms with E-state index in [1.54, 1.807) is 24.3 Å². The third kappa shape index (κ3) is 2.97. The van der Waals surface area contributed by atoms with Crippen molar-refractivity contribution in [1.82, 2.24) is 4.90 Å². The molecule has 1 N–H and O–H groups in total. The molecular weight excluding hydrogens is 326 g/mol. The molecule has 0 fully saturated rings. The van der Waals surface area contributed by atoms with E-state index < -0.39 is 16.7 Å². The van der Waals surface area contributed by atoms with E-state index in [9.17, 15) is 24.5 Å². The van der Waals surface area contributed by atoms with Gasteiger partial charge in [0.05, 0.1) is 22.7 Å². The van der Waals surface area contributed by atoms with Gasteiger partial charge in [-0.3, -0.25) is 29.4 Å². The molecule has 2 aromatic carbocycles. The number of carbonyl (C=O) groups excluding carboxylic acids is 3. The van der Waals surface area contributed by atoms with Gasteiger partial charge in [-0.1, -0.05) is 0 Å². The highest BCUT2D eigenvalue weighted by molar-refractivity contribution is 6.21. The zero-order chi connectivity index (χ0) is 18.1. The van der Waals surface area contributed by atoms with Crippen LogP contribution in [0.5, 0.6) is 0 Å². The maximum atomic E-state index is 12.3. The minimum Gasteiger partial charge on any atom is -0.367 e. The molecule has 1 aliphatic heterocycles. The monoisotopic (exact) mass is 339 g/mol. The van der Waals surface area contributed by atoms with Crippen LogP contribution in [-0.4, -0.2) is 34.1 Å². The molecule has 0 atom stereocenters. The highest BCUT2D eigenvalue weighted by Crippen LogP contribution is 2.26. The van der Waals surface area contributed by atoms with E-state index in [1.807, 2.05) is 0 Å². The van der Waals surface area contributed by atoms with Gasteiger partial charge in [-0.25, -0.2) is 0 Å². The Bertz CT molecular complexity index is 905. The normalized spacial score (nSPS) is 12.9. The van der Waals surface area contributed by atoms with Gasteiger partial charge in [0, 0.05) is 23.4 Å². The lowest BCUT2D eigenvalue weighted by Crippen LogP contribution is -2.34. The fourth-order valence-corrected chi connectivity index (χ4v) is 2.53. The number of hydrogen-bond donors (Lipinski definition) is 1. The topological polar surface area (TPSA) is 110 Å². The van der Waals surface area contributed by atoms with Gasteiger partial charge < -0.3 is 5.32 Å². The Morgan fingerprint density at radius 1 is 1.08 bits per heavy atom. The Morgan fingerprint density at radius 3 is 2.32 bits per heavy atom. The number of hydrogen-bond acceptors (Lipinski definition) is 6. The molecule has 1 heterocycles. The van der Waals surface area contributed by atoms with Crippen LogP contribution in [0.1, 0.15) is 38.0 Å². The van der Waals surface area contributed by atoms with Crippen LogP contribution < -0.4 is 5.32 Å². The molecule has 1 aliphatic rings. The van der Waals surface area contributed by atoms with Gasteiger partial charge in [-0.2, -0.15) is 0 Å². The molecule has 0 spiro atoms. The van der Waals surface area contributed by atoms with Crippen molar-refractivity contribution >= 4 is 29.0 Å². The summed E-state index contributed by atoms with van der Waals surface area (Å²) in [5.74, 6) is -1.16. The van der Waals surface area contributed by atoms with Crippen molar-refractivity contribution in [2.75, 3.05) is 12.0 Å². The average Bonchev–Trinajstić information content (AvgIpc) is 2.84. The predicted octanol–water partition coefficient (Wildman–Crippen LogP) is 2.46. The number of Topliss-reactive ketones (excluding diaryl/α,β-unsaturated/α-hetero) is 1. The highest BCUT2D eigenvalue weighted by atomic mass is 16.6. The second-order valence-electron chi connectivity index (χ2n) is 5.49. The van der Waals surface area contributed by atoms with Gasteiger partial charge in [0.25, 0.3) is 17.5 Å². The highest BCUT2D eigenvalue weighted by Gasteiger charge is 2.36. The lowest BCUT2D eigenvalue weighted by atomic mass is 10.1. The van der Waals surface area contributed by atoms with E-state index in [4.69, 9.17) is 0 Å². The lowest BCUT2D eigenvalue weighted by Gasteiger charge is -2.15. The molecular formula is C17H13N3O5. The van der Waals surface area contributed by atoms with E-state index in [1.165, 1.54) is 19.1 Å². The summed E-state index contributed by atoms with van der Waals surface area (Å²) in [6, 6.07) is 10.2. The van der Waals surface area contributed by atoms with Crippen LogP contribution in [0.4, 0.5) is 11.4 Å². The fourth-order valence-electron chi connectivity index (χ4n) is 2.53. The van der Waals surface area contributed by atoms with Crippen LogP contribution in [0.15, 0.2) is 42.5 Å². The molecule has 0 bridgehead atoms. The van der Waals surface area contributed by atoms with Crippen LogP contribution >= 0.6 is 0 Å². The Labute approximate surface area is 142 Å². The second-order valence-corrected chi connectivity index (χ2v) is 5.49. The summed E-state index contributed by atoms with van der Waals surface area (Å²) in [6.45, 7) is 1.37. The number of non-ortho nitro benzene ring substituents is 1. The quantitative estimate of drug-likeness (QED) is 0.388. The van der Waals surface area contributed by atoms with E-state index >= 15 is 0 Å². The molecule has 8 heteroatoms. The number of fused-ring (bicyclic) bond motifs is 1.